The number of anilines is 3. The van der Waals surface area contributed by atoms with Crippen molar-refractivity contribution in [3.8, 4) is 0 Å². The van der Waals surface area contributed by atoms with Crippen molar-refractivity contribution < 1.29 is 4.74 Å². The van der Waals surface area contributed by atoms with Crippen molar-refractivity contribution >= 4 is 39.8 Å². The van der Waals surface area contributed by atoms with E-state index in [1.165, 1.54) is 5.69 Å². The molecule has 0 unspecified atom stereocenters. The molecule has 2 saturated heterocycles. The lowest BCUT2D eigenvalue weighted by atomic mass is 9.97. The van der Waals surface area contributed by atoms with Crippen LogP contribution < -0.4 is 10.2 Å². The molecule has 1 aromatic carbocycles. The van der Waals surface area contributed by atoms with Crippen LogP contribution in [0.3, 0.4) is 0 Å². The van der Waals surface area contributed by atoms with Gasteiger partial charge < -0.3 is 15.0 Å². The van der Waals surface area contributed by atoms with Crippen LogP contribution >= 0.6 is 11.6 Å². The third kappa shape index (κ3) is 3.33. The molecule has 0 aliphatic carbocycles. The van der Waals surface area contributed by atoms with Gasteiger partial charge in [0.15, 0.2) is 0 Å². The van der Waals surface area contributed by atoms with Crippen molar-refractivity contribution in [1.29, 1.82) is 0 Å². The molecule has 3 aliphatic rings. The second-order valence-corrected chi connectivity index (χ2v) is 9.38. The van der Waals surface area contributed by atoms with Crippen molar-refractivity contribution in [3.63, 3.8) is 0 Å². The van der Waals surface area contributed by atoms with Gasteiger partial charge in [0, 0.05) is 44.3 Å². The van der Waals surface area contributed by atoms with Crippen LogP contribution in [0.25, 0.3) is 10.9 Å². The number of ether oxygens (including phenoxy) is 1. The lowest BCUT2D eigenvalue weighted by Crippen LogP contribution is -2.64. The van der Waals surface area contributed by atoms with Crippen molar-refractivity contribution in [1.82, 2.24) is 24.6 Å². The van der Waals surface area contributed by atoms with Gasteiger partial charge in [-0.1, -0.05) is 11.6 Å². The van der Waals surface area contributed by atoms with Gasteiger partial charge in [-0.15, -0.1) is 0 Å². The van der Waals surface area contributed by atoms with Crippen LogP contribution in [0, 0.1) is 0 Å². The number of nitrogens with zero attached hydrogens (tertiary/aromatic N) is 6. The van der Waals surface area contributed by atoms with Gasteiger partial charge in [-0.2, -0.15) is 5.10 Å². The molecule has 9 heteroatoms. The summed E-state index contributed by atoms with van der Waals surface area (Å²) in [5.74, 6) is 0.589. The summed E-state index contributed by atoms with van der Waals surface area (Å²) in [7, 11) is 0. The first-order valence-corrected chi connectivity index (χ1v) is 11.3. The highest BCUT2D eigenvalue weighted by Gasteiger charge is 2.40. The molecule has 162 valence electrons. The predicted octanol–water partition coefficient (Wildman–Crippen LogP) is 3.08. The average Bonchev–Trinajstić information content (AvgIpc) is 3.37. The van der Waals surface area contributed by atoms with E-state index >= 15 is 0 Å². The highest BCUT2D eigenvalue weighted by Crippen LogP contribution is 2.33. The Balaban J connectivity index is 1.24. The van der Waals surface area contributed by atoms with Gasteiger partial charge in [0.25, 0.3) is 0 Å². The molecule has 2 fully saturated rings. The predicted molar refractivity (Wildman–Crippen MR) is 121 cm³/mol. The van der Waals surface area contributed by atoms with E-state index in [-0.39, 0.29) is 5.54 Å². The number of nitrogens with one attached hydrogen (secondary N) is 1. The monoisotopic (exact) mass is 439 g/mol. The summed E-state index contributed by atoms with van der Waals surface area (Å²) >= 11 is 6.66. The molecule has 3 aliphatic heterocycles. The molecule has 6 rings (SSSR count). The Morgan fingerprint density at radius 3 is 2.71 bits per heavy atom. The Hall–Kier alpha value is -2.42. The average molecular weight is 440 g/mol. The maximum Gasteiger partial charge on any atom is 0.227 e. The summed E-state index contributed by atoms with van der Waals surface area (Å²) in [5.41, 5.74) is 4.35. The van der Waals surface area contributed by atoms with E-state index in [9.17, 15) is 0 Å². The quantitative estimate of drug-likeness (QED) is 0.669. The molecule has 2 aromatic heterocycles. The maximum absolute atomic E-state index is 6.66. The fourth-order valence-corrected chi connectivity index (χ4v) is 5.19. The summed E-state index contributed by atoms with van der Waals surface area (Å²) in [6, 6.07) is 4.07. The van der Waals surface area contributed by atoms with Crippen LogP contribution in [0.2, 0.25) is 5.02 Å². The van der Waals surface area contributed by atoms with E-state index < -0.39 is 0 Å². The number of benzene rings is 1. The fraction of sp³-hybridized carbons (Fsp3) is 0.500. The lowest BCUT2D eigenvalue weighted by Gasteiger charge is -2.50. The van der Waals surface area contributed by atoms with Crippen LogP contribution in [0.5, 0.6) is 0 Å². The topological polar surface area (TPSA) is 71.3 Å². The molecular formula is C22H26ClN7O. The molecule has 1 N–H and O–H groups in total. The highest BCUT2D eigenvalue weighted by atomic mass is 35.5. The van der Waals surface area contributed by atoms with Gasteiger partial charge in [-0.05, 0) is 31.9 Å². The highest BCUT2D eigenvalue weighted by molar-refractivity contribution is 6.34. The van der Waals surface area contributed by atoms with Crippen molar-refractivity contribution in [3.05, 3.63) is 35.2 Å². The molecule has 5 heterocycles. The van der Waals surface area contributed by atoms with Crippen LogP contribution in [-0.2, 0) is 17.7 Å². The van der Waals surface area contributed by atoms with Crippen LogP contribution in [0.15, 0.2) is 24.5 Å². The molecule has 0 spiro atoms. The maximum atomic E-state index is 6.66. The minimum atomic E-state index is 0.196. The molecule has 0 radical (unpaired) electrons. The van der Waals surface area contributed by atoms with Gasteiger partial charge in [-0.25, -0.2) is 9.97 Å². The summed E-state index contributed by atoms with van der Waals surface area (Å²) in [5, 5.41) is 9.48. The number of aryl methyl sites for hydroxylation is 1. The molecule has 8 nitrogen and oxygen atoms in total. The van der Waals surface area contributed by atoms with E-state index in [4.69, 9.17) is 21.3 Å². The van der Waals surface area contributed by atoms with E-state index in [0.717, 1.165) is 86.1 Å². The standard InChI is InChI=1S/C22H26ClN7O/c1-22(13-31-14-22)29-7-5-28(6-8-29)20-10-17-15(9-16(20)23)11-24-21(26-17)27-18-12-25-30-4-2-3-19(18)30/h9-12H,2-8,13-14H2,1H3,(H,24,26,27). The number of hydrogen-bond acceptors (Lipinski definition) is 7. The summed E-state index contributed by atoms with van der Waals surface area (Å²) in [6.45, 7) is 8.84. The summed E-state index contributed by atoms with van der Waals surface area (Å²) in [4.78, 5) is 14.2. The summed E-state index contributed by atoms with van der Waals surface area (Å²) < 4.78 is 7.49. The van der Waals surface area contributed by atoms with Crippen molar-refractivity contribution in [2.24, 2.45) is 0 Å². The van der Waals surface area contributed by atoms with Gasteiger partial charge >= 0.3 is 0 Å². The number of rotatable bonds is 4. The second kappa shape index (κ2) is 7.32. The van der Waals surface area contributed by atoms with E-state index in [1.807, 2.05) is 18.5 Å². The van der Waals surface area contributed by atoms with E-state index in [2.05, 4.69) is 42.9 Å². The minimum Gasteiger partial charge on any atom is -0.377 e. The molecule has 0 bridgehead atoms. The van der Waals surface area contributed by atoms with E-state index in [0.29, 0.717) is 5.95 Å². The van der Waals surface area contributed by atoms with Crippen molar-refractivity contribution in [2.75, 3.05) is 49.6 Å². The van der Waals surface area contributed by atoms with Gasteiger partial charge in [0.1, 0.15) is 0 Å². The first kappa shape index (κ1) is 19.3. The van der Waals surface area contributed by atoms with Crippen LogP contribution in [-0.4, -0.2) is 69.6 Å². The number of halogens is 1. The fourth-order valence-electron chi connectivity index (χ4n) is 4.90. The zero-order valence-electron chi connectivity index (χ0n) is 17.6. The van der Waals surface area contributed by atoms with Crippen molar-refractivity contribution in [2.45, 2.75) is 31.8 Å². The van der Waals surface area contributed by atoms with Gasteiger partial charge in [0.2, 0.25) is 5.95 Å². The Kier molecular flexibility index (Phi) is 4.55. The Morgan fingerprint density at radius 1 is 1.10 bits per heavy atom. The first-order valence-electron chi connectivity index (χ1n) is 10.9. The van der Waals surface area contributed by atoms with Crippen LogP contribution in [0.4, 0.5) is 17.3 Å². The number of aromatic nitrogens is 4. The molecular weight excluding hydrogens is 414 g/mol. The van der Waals surface area contributed by atoms with E-state index in [1.54, 1.807) is 0 Å². The number of fused-ring (bicyclic) bond motifs is 2. The Labute approximate surface area is 186 Å². The Morgan fingerprint density at radius 2 is 1.94 bits per heavy atom. The molecule has 0 saturated carbocycles. The smallest absolute Gasteiger partial charge is 0.227 e. The third-order valence-electron chi connectivity index (χ3n) is 6.84. The summed E-state index contributed by atoms with van der Waals surface area (Å²) in [6.07, 6.45) is 5.87. The second-order valence-electron chi connectivity index (χ2n) is 8.98. The van der Waals surface area contributed by atoms with Gasteiger partial charge in [-0.3, -0.25) is 9.58 Å². The number of piperazine rings is 1. The zero-order valence-corrected chi connectivity index (χ0v) is 18.4. The largest absolute Gasteiger partial charge is 0.377 e. The SMILES string of the molecule is CC1(N2CCN(c3cc4nc(Nc5cnn6c5CCC6)ncc4cc3Cl)CC2)COC1. The Bertz CT molecular complexity index is 1130. The molecule has 3 aromatic rings. The third-order valence-corrected chi connectivity index (χ3v) is 7.14. The zero-order chi connectivity index (χ0) is 21.0. The minimum absolute atomic E-state index is 0.196. The molecule has 0 atom stereocenters. The molecule has 31 heavy (non-hydrogen) atoms. The van der Waals surface area contributed by atoms with Crippen LogP contribution in [0.1, 0.15) is 19.0 Å². The normalized spacial score (nSPS) is 20.6. The molecule has 0 amide bonds. The lowest BCUT2D eigenvalue weighted by molar-refractivity contribution is -0.131. The van der Waals surface area contributed by atoms with Gasteiger partial charge in [0.05, 0.1) is 52.6 Å². The number of hydrogen-bond donors (Lipinski definition) is 1. The first-order chi connectivity index (χ1) is 15.1.